The first-order valence-corrected chi connectivity index (χ1v) is 4.39. The molecule has 0 aliphatic carbocycles. The van der Waals surface area contributed by atoms with Crippen molar-refractivity contribution < 1.29 is 9.57 Å². The first-order chi connectivity index (χ1) is 5.43. The Kier molecular flexibility index (Phi) is 4.50. The monoisotopic (exact) mass is 159 g/mol. The van der Waals surface area contributed by atoms with E-state index in [2.05, 4.69) is 5.48 Å². The highest BCUT2D eigenvalue weighted by atomic mass is 16.6. The molecular weight excluding hydrogens is 142 g/mol. The van der Waals surface area contributed by atoms with E-state index >= 15 is 0 Å². The topological polar surface area (TPSA) is 30.5 Å². The van der Waals surface area contributed by atoms with Gasteiger partial charge in [-0.15, -0.1) is 0 Å². The van der Waals surface area contributed by atoms with Gasteiger partial charge in [-0.2, -0.15) is 5.48 Å². The molecule has 3 nitrogen and oxygen atoms in total. The molecular formula is C8H17NO2. The minimum Gasteiger partial charge on any atom is -0.377 e. The number of nitrogens with one attached hydrogen (secondary N) is 1. The second-order valence-electron chi connectivity index (χ2n) is 2.77. The van der Waals surface area contributed by atoms with Crippen molar-refractivity contribution in [2.45, 2.75) is 32.3 Å². The molecule has 0 amide bonds. The molecule has 1 heterocycles. The second-order valence-corrected chi connectivity index (χ2v) is 2.77. The SMILES string of the molecule is CCONCC1CCCCO1. The van der Waals surface area contributed by atoms with Crippen LogP contribution in [0, 0.1) is 0 Å². The van der Waals surface area contributed by atoms with E-state index in [0.717, 1.165) is 13.2 Å². The van der Waals surface area contributed by atoms with Crippen LogP contribution in [0.1, 0.15) is 26.2 Å². The summed E-state index contributed by atoms with van der Waals surface area (Å²) >= 11 is 0. The zero-order valence-electron chi connectivity index (χ0n) is 7.14. The molecule has 1 unspecified atom stereocenters. The summed E-state index contributed by atoms with van der Waals surface area (Å²) in [5.74, 6) is 0. The first kappa shape index (κ1) is 8.97. The highest BCUT2D eigenvalue weighted by Gasteiger charge is 2.12. The van der Waals surface area contributed by atoms with Gasteiger partial charge in [0, 0.05) is 13.2 Å². The van der Waals surface area contributed by atoms with Crippen molar-refractivity contribution in [2.24, 2.45) is 0 Å². The molecule has 0 spiro atoms. The van der Waals surface area contributed by atoms with Crippen molar-refractivity contribution in [2.75, 3.05) is 19.8 Å². The third-order valence-corrected chi connectivity index (χ3v) is 1.83. The minimum atomic E-state index is 0.371. The molecule has 66 valence electrons. The Morgan fingerprint density at radius 1 is 1.55 bits per heavy atom. The Bertz CT molecular complexity index is 92.1. The number of ether oxygens (including phenoxy) is 1. The van der Waals surface area contributed by atoms with E-state index in [9.17, 15) is 0 Å². The Balaban J connectivity index is 1.96. The maximum absolute atomic E-state index is 5.48. The van der Waals surface area contributed by atoms with E-state index in [-0.39, 0.29) is 0 Å². The lowest BCUT2D eigenvalue weighted by molar-refractivity contribution is -0.0277. The fourth-order valence-electron chi connectivity index (χ4n) is 1.22. The van der Waals surface area contributed by atoms with Gasteiger partial charge in [-0.25, -0.2) is 0 Å². The molecule has 0 aromatic carbocycles. The lowest BCUT2D eigenvalue weighted by Crippen LogP contribution is -2.31. The van der Waals surface area contributed by atoms with Gasteiger partial charge in [0.25, 0.3) is 0 Å². The molecule has 0 radical (unpaired) electrons. The molecule has 0 bridgehead atoms. The van der Waals surface area contributed by atoms with Crippen LogP contribution >= 0.6 is 0 Å². The Labute approximate surface area is 68.0 Å². The lowest BCUT2D eigenvalue weighted by atomic mass is 10.1. The number of hydroxylamine groups is 1. The fourth-order valence-corrected chi connectivity index (χ4v) is 1.22. The van der Waals surface area contributed by atoms with Gasteiger partial charge in [0.2, 0.25) is 0 Å². The van der Waals surface area contributed by atoms with E-state index in [1.165, 1.54) is 19.3 Å². The summed E-state index contributed by atoms with van der Waals surface area (Å²) in [4.78, 5) is 5.01. The summed E-state index contributed by atoms with van der Waals surface area (Å²) in [6, 6.07) is 0. The third kappa shape index (κ3) is 3.70. The molecule has 1 N–H and O–H groups in total. The van der Waals surface area contributed by atoms with E-state index in [1.807, 2.05) is 6.92 Å². The van der Waals surface area contributed by atoms with Gasteiger partial charge in [0.05, 0.1) is 12.7 Å². The normalized spacial score (nSPS) is 25.4. The van der Waals surface area contributed by atoms with Crippen molar-refractivity contribution >= 4 is 0 Å². The van der Waals surface area contributed by atoms with Gasteiger partial charge in [-0.1, -0.05) is 0 Å². The molecule has 1 rings (SSSR count). The molecule has 11 heavy (non-hydrogen) atoms. The molecule has 0 aromatic rings. The minimum absolute atomic E-state index is 0.371. The lowest BCUT2D eigenvalue weighted by Gasteiger charge is -2.22. The number of hydrogen-bond donors (Lipinski definition) is 1. The van der Waals surface area contributed by atoms with Gasteiger partial charge in [0.1, 0.15) is 0 Å². The Morgan fingerprint density at radius 2 is 2.45 bits per heavy atom. The first-order valence-electron chi connectivity index (χ1n) is 4.39. The standard InChI is InChI=1S/C8H17NO2/c1-2-11-9-7-8-5-3-4-6-10-8/h8-9H,2-7H2,1H3. The second kappa shape index (κ2) is 5.52. The van der Waals surface area contributed by atoms with Crippen LogP contribution in [0.15, 0.2) is 0 Å². The van der Waals surface area contributed by atoms with Crippen LogP contribution in [0.25, 0.3) is 0 Å². The quantitative estimate of drug-likeness (QED) is 0.492. The molecule has 1 atom stereocenters. The van der Waals surface area contributed by atoms with Crippen LogP contribution in [0.3, 0.4) is 0 Å². The van der Waals surface area contributed by atoms with Gasteiger partial charge < -0.3 is 9.57 Å². The molecule has 1 fully saturated rings. The summed E-state index contributed by atoms with van der Waals surface area (Å²) in [6.45, 7) is 4.42. The largest absolute Gasteiger partial charge is 0.377 e. The predicted molar refractivity (Wildman–Crippen MR) is 43.2 cm³/mol. The number of hydrogen-bond acceptors (Lipinski definition) is 3. The van der Waals surface area contributed by atoms with E-state index < -0.39 is 0 Å². The van der Waals surface area contributed by atoms with Crippen LogP contribution in [0.4, 0.5) is 0 Å². The predicted octanol–water partition coefficient (Wildman–Crippen LogP) is 1.10. The molecule has 1 saturated heterocycles. The summed E-state index contributed by atoms with van der Waals surface area (Å²) in [5, 5.41) is 0. The maximum Gasteiger partial charge on any atom is 0.0722 e. The van der Waals surface area contributed by atoms with Crippen molar-refractivity contribution in [3.63, 3.8) is 0 Å². The Morgan fingerprint density at radius 3 is 3.09 bits per heavy atom. The molecule has 1 aliphatic heterocycles. The van der Waals surface area contributed by atoms with Crippen molar-refractivity contribution in [1.29, 1.82) is 0 Å². The van der Waals surface area contributed by atoms with Gasteiger partial charge >= 0.3 is 0 Å². The molecule has 0 aromatic heterocycles. The molecule has 0 saturated carbocycles. The highest BCUT2D eigenvalue weighted by Crippen LogP contribution is 2.11. The Hall–Kier alpha value is -0.120. The van der Waals surface area contributed by atoms with Crippen LogP contribution in [0.2, 0.25) is 0 Å². The van der Waals surface area contributed by atoms with Crippen LogP contribution in [-0.2, 0) is 9.57 Å². The van der Waals surface area contributed by atoms with Crippen molar-refractivity contribution in [3.05, 3.63) is 0 Å². The summed E-state index contributed by atoms with van der Waals surface area (Å²) in [5.41, 5.74) is 2.88. The molecule has 1 aliphatic rings. The maximum atomic E-state index is 5.48. The van der Waals surface area contributed by atoms with Crippen molar-refractivity contribution in [1.82, 2.24) is 5.48 Å². The smallest absolute Gasteiger partial charge is 0.0722 e. The third-order valence-electron chi connectivity index (χ3n) is 1.83. The summed E-state index contributed by atoms with van der Waals surface area (Å²) in [6.07, 6.45) is 4.04. The van der Waals surface area contributed by atoms with Crippen molar-refractivity contribution in [3.8, 4) is 0 Å². The average molecular weight is 159 g/mol. The van der Waals surface area contributed by atoms with Crippen LogP contribution in [0.5, 0.6) is 0 Å². The summed E-state index contributed by atoms with van der Waals surface area (Å²) < 4.78 is 5.48. The van der Waals surface area contributed by atoms with Gasteiger partial charge in [-0.05, 0) is 26.2 Å². The van der Waals surface area contributed by atoms with E-state index in [1.54, 1.807) is 0 Å². The van der Waals surface area contributed by atoms with Crippen LogP contribution in [-0.4, -0.2) is 25.9 Å². The average Bonchev–Trinajstić information content (AvgIpc) is 2.07. The zero-order chi connectivity index (χ0) is 7.94. The summed E-state index contributed by atoms with van der Waals surface area (Å²) in [7, 11) is 0. The van der Waals surface area contributed by atoms with Gasteiger partial charge in [0.15, 0.2) is 0 Å². The van der Waals surface area contributed by atoms with Gasteiger partial charge in [-0.3, -0.25) is 0 Å². The molecule has 3 heteroatoms. The zero-order valence-corrected chi connectivity index (χ0v) is 7.14. The van der Waals surface area contributed by atoms with E-state index in [0.29, 0.717) is 12.7 Å². The fraction of sp³-hybridized carbons (Fsp3) is 1.00. The highest BCUT2D eigenvalue weighted by molar-refractivity contribution is 4.63. The van der Waals surface area contributed by atoms with E-state index in [4.69, 9.17) is 9.57 Å². The van der Waals surface area contributed by atoms with Crippen LogP contribution < -0.4 is 5.48 Å². The number of rotatable bonds is 4.